The Morgan fingerprint density at radius 2 is 2.00 bits per heavy atom. The maximum atomic E-state index is 12.4. The van der Waals surface area contributed by atoms with Gasteiger partial charge in [-0.15, -0.1) is 0 Å². The van der Waals surface area contributed by atoms with Crippen LogP contribution in [0, 0.1) is 11.3 Å². The molecular formula is C10H6F3NO. The lowest BCUT2D eigenvalue weighted by Crippen LogP contribution is -2.06. The number of nitrogens with zero attached hydrogens (tertiary/aromatic N) is 1. The molecule has 15 heavy (non-hydrogen) atoms. The Labute approximate surface area is 83.9 Å². The van der Waals surface area contributed by atoms with Crippen molar-refractivity contribution in [3.63, 3.8) is 0 Å². The number of phenols is 1. The second-order valence-corrected chi connectivity index (χ2v) is 2.73. The maximum Gasteiger partial charge on any atom is 0.417 e. The summed E-state index contributed by atoms with van der Waals surface area (Å²) in [6.45, 7) is 0. The van der Waals surface area contributed by atoms with Crippen molar-refractivity contribution >= 4 is 6.08 Å². The number of allylic oxidation sites excluding steroid dienone is 1. The van der Waals surface area contributed by atoms with Crippen LogP contribution in [0.2, 0.25) is 0 Å². The molecule has 0 heterocycles. The Morgan fingerprint density at radius 3 is 2.53 bits per heavy atom. The van der Waals surface area contributed by atoms with E-state index in [2.05, 4.69) is 0 Å². The van der Waals surface area contributed by atoms with Gasteiger partial charge < -0.3 is 5.11 Å². The molecule has 0 aliphatic carbocycles. The molecule has 78 valence electrons. The van der Waals surface area contributed by atoms with E-state index in [1.54, 1.807) is 6.07 Å². The van der Waals surface area contributed by atoms with Crippen LogP contribution in [0.15, 0.2) is 24.3 Å². The molecule has 1 aromatic carbocycles. The van der Waals surface area contributed by atoms with E-state index in [1.807, 2.05) is 0 Å². The quantitative estimate of drug-likeness (QED) is 0.729. The van der Waals surface area contributed by atoms with Gasteiger partial charge in [-0.25, -0.2) is 0 Å². The van der Waals surface area contributed by atoms with Gasteiger partial charge in [0, 0.05) is 6.08 Å². The van der Waals surface area contributed by atoms with Gasteiger partial charge in [-0.2, -0.15) is 18.4 Å². The molecule has 0 atom stereocenters. The number of benzene rings is 1. The minimum atomic E-state index is -4.55. The van der Waals surface area contributed by atoms with Crippen LogP contribution in [0.5, 0.6) is 5.75 Å². The van der Waals surface area contributed by atoms with Crippen molar-refractivity contribution in [2.45, 2.75) is 6.18 Å². The Balaban J connectivity index is 3.28. The lowest BCUT2D eigenvalue weighted by molar-refractivity contribution is -0.137. The smallest absolute Gasteiger partial charge is 0.417 e. The first-order chi connectivity index (χ1) is 6.95. The summed E-state index contributed by atoms with van der Waals surface area (Å²) >= 11 is 0. The molecule has 5 heteroatoms. The van der Waals surface area contributed by atoms with E-state index in [-0.39, 0.29) is 5.56 Å². The summed E-state index contributed by atoms with van der Waals surface area (Å²) in [6.07, 6.45) is -2.56. The molecule has 0 spiro atoms. The molecule has 0 unspecified atom stereocenters. The zero-order valence-corrected chi connectivity index (χ0v) is 7.42. The van der Waals surface area contributed by atoms with Gasteiger partial charge in [0.1, 0.15) is 5.75 Å². The molecule has 1 N–H and O–H groups in total. The van der Waals surface area contributed by atoms with Crippen molar-refractivity contribution in [2.75, 3.05) is 0 Å². The fourth-order valence-corrected chi connectivity index (χ4v) is 1.06. The van der Waals surface area contributed by atoms with E-state index in [1.165, 1.54) is 0 Å². The zero-order valence-electron chi connectivity index (χ0n) is 7.42. The number of nitriles is 1. The average molecular weight is 213 g/mol. The molecule has 0 aliphatic rings. The summed E-state index contributed by atoms with van der Waals surface area (Å²) in [7, 11) is 0. The number of phenolic OH excluding ortho intramolecular Hbond substituents is 1. The van der Waals surface area contributed by atoms with Crippen molar-refractivity contribution in [2.24, 2.45) is 0 Å². The highest BCUT2D eigenvalue weighted by Crippen LogP contribution is 2.34. The number of aromatic hydroxyl groups is 1. The van der Waals surface area contributed by atoms with Gasteiger partial charge in [0.25, 0.3) is 0 Å². The molecule has 0 amide bonds. The third-order valence-electron chi connectivity index (χ3n) is 1.68. The number of hydrogen-bond acceptors (Lipinski definition) is 2. The van der Waals surface area contributed by atoms with Crippen LogP contribution in [0.25, 0.3) is 6.08 Å². The predicted octanol–water partition coefficient (Wildman–Crippen LogP) is 2.95. The fourth-order valence-electron chi connectivity index (χ4n) is 1.06. The van der Waals surface area contributed by atoms with Crippen molar-refractivity contribution in [1.29, 1.82) is 5.26 Å². The summed E-state index contributed by atoms with van der Waals surface area (Å²) < 4.78 is 37.3. The van der Waals surface area contributed by atoms with Gasteiger partial charge in [-0.3, -0.25) is 0 Å². The van der Waals surface area contributed by atoms with E-state index in [0.29, 0.717) is 6.07 Å². The third kappa shape index (κ3) is 2.74. The molecule has 1 aromatic rings. The molecule has 0 saturated carbocycles. The summed E-state index contributed by atoms with van der Waals surface area (Å²) in [4.78, 5) is 0. The van der Waals surface area contributed by atoms with Gasteiger partial charge >= 0.3 is 6.18 Å². The van der Waals surface area contributed by atoms with Crippen LogP contribution in [0.1, 0.15) is 11.1 Å². The highest BCUT2D eigenvalue weighted by molar-refractivity contribution is 5.58. The molecule has 0 saturated heterocycles. The number of alkyl halides is 3. The van der Waals surface area contributed by atoms with Crippen LogP contribution in [0.4, 0.5) is 13.2 Å². The van der Waals surface area contributed by atoms with Crippen molar-refractivity contribution < 1.29 is 18.3 Å². The molecular weight excluding hydrogens is 207 g/mol. The van der Waals surface area contributed by atoms with Gasteiger partial charge in [0.15, 0.2) is 0 Å². The number of hydrogen-bond donors (Lipinski definition) is 1. The van der Waals surface area contributed by atoms with Gasteiger partial charge in [-0.1, -0.05) is 6.07 Å². The van der Waals surface area contributed by atoms with Crippen LogP contribution in [-0.4, -0.2) is 5.11 Å². The Bertz CT molecular complexity index is 429. The molecule has 0 bridgehead atoms. The monoisotopic (exact) mass is 213 g/mol. The maximum absolute atomic E-state index is 12.4. The molecule has 0 aliphatic heterocycles. The largest absolute Gasteiger partial charge is 0.508 e. The van der Waals surface area contributed by atoms with Gasteiger partial charge in [0.2, 0.25) is 0 Å². The standard InChI is InChI=1S/C10H6F3NO/c11-10(12,13)9-6-8(15)4-3-7(9)2-1-5-14/h1-4,6,15H. The first kappa shape index (κ1) is 11.1. The first-order valence-corrected chi connectivity index (χ1v) is 3.91. The second kappa shape index (κ2) is 4.05. The topological polar surface area (TPSA) is 44.0 Å². The second-order valence-electron chi connectivity index (χ2n) is 2.73. The molecule has 0 aromatic heterocycles. The van der Waals surface area contributed by atoms with Crippen LogP contribution in [0.3, 0.4) is 0 Å². The van der Waals surface area contributed by atoms with Gasteiger partial charge in [0.05, 0.1) is 11.6 Å². The van der Waals surface area contributed by atoms with Crippen LogP contribution >= 0.6 is 0 Å². The molecule has 1 rings (SSSR count). The zero-order chi connectivity index (χ0) is 11.5. The highest BCUT2D eigenvalue weighted by atomic mass is 19.4. The predicted molar refractivity (Wildman–Crippen MR) is 47.8 cm³/mol. The minimum Gasteiger partial charge on any atom is -0.508 e. The van der Waals surface area contributed by atoms with Crippen LogP contribution < -0.4 is 0 Å². The van der Waals surface area contributed by atoms with E-state index >= 15 is 0 Å². The summed E-state index contributed by atoms with van der Waals surface area (Å²) in [5.74, 6) is -0.462. The first-order valence-electron chi connectivity index (χ1n) is 3.91. The lowest BCUT2D eigenvalue weighted by Gasteiger charge is -2.10. The highest BCUT2D eigenvalue weighted by Gasteiger charge is 2.33. The SMILES string of the molecule is N#CC=Cc1ccc(O)cc1C(F)(F)F. The molecule has 0 fully saturated rings. The number of halogens is 3. The normalized spacial score (nSPS) is 11.6. The summed E-state index contributed by atoms with van der Waals surface area (Å²) in [5.41, 5.74) is -1.11. The van der Waals surface area contributed by atoms with E-state index in [9.17, 15) is 13.2 Å². The van der Waals surface area contributed by atoms with Gasteiger partial charge in [-0.05, 0) is 23.8 Å². The van der Waals surface area contributed by atoms with Crippen molar-refractivity contribution in [3.8, 4) is 11.8 Å². The van der Waals surface area contributed by atoms with Crippen LogP contribution in [-0.2, 0) is 6.18 Å². The Morgan fingerprint density at radius 1 is 1.33 bits per heavy atom. The Kier molecular flexibility index (Phi) is 3.00. The average Bonchev–Trinajstić information content (AvgIpc) is 2.14. The molecule has 2 nitrogen and oxygen atoms in total. The van der Waals surface area contributed by atoms with E-state index < -0.39 is 17.5 Å². The lowest BCUT2D eigenvalue weighted by atomic mass is 10.1. The van der Waals surface area contributed by atoms with Crippen molar-refractivity contribution in [3.05, 3.63) is 35.4 Å². The van der Waals surface area contributed by atoms with Crippen molar-refractivity contribution in [1.82, 2.24) is 0 Å². The molecule has 0 radical (unpaired) electrons. The van der Waals surface area contributed by atoms with E-state index in [4.69, 9.17) is 10.4 Å². The Hall–Kier alpha value is -1.96. The summed E-state index contributed by atoms with van der Waals surface area (Å²) in [5, 5.41) is 17.1. The summed E-state index contributed by atoms with van der Waals surface area (Å²) in [6, 6.07) is 4.46. The number of rotatable bonds is 1. The minimum absolute atomic E-state index is 0.151. The van der Waals surface area contributed by atoms with E-state index in [0.717, 1.165) is 24.3 Å². The fraction of sp³-hybridized carbons (Fsp3) is 0.100. The third-order valence-corrected chi connectivity index (χ3v) is 1.68.